The third-order valence-electron chi connectivity index (χ3n) is 3.30. The van der Waals surface area contributed by atoms with E-state index in [0.717, 1.165) is 26.0 Å². The molecule has 1 unspecified atom stereocenters. The van der Waals surface area contributed by atoms with Crippen LogP contribution in [-0.2, 0) is 9.47 Å². The summed E-state index contributed by atoms with van der Waals surface area (Å²) >= 11 is 0. The molecule has 0 aromatic rings. The van der Waals surface area contributed by atoms with E-state index >= 15 is 0 Å². The Bertz CT molecular complexity index is 294. The number of ether oxygens (including phenoxy) is 2. The van der Waals surface area contributed by atoms with Gasteiger partial charge < -0.3 is 14.4 Å². The van der Waals surface area contributed by atoms with Gasteiger partial charge in [-0.1, -0.05) is 0 Å². The Labute approximate surface area is 111 Å². The summed E-state index contributed by atoms with van der Waals surface area (Å²) in [6, 6.07) is 0. The molecule has 0 saturated carbocycles. The lowest BCUT2D eigenvalue weighted by Crippen LogP contribution is -2.45. The molecule has 0 aliphatic carbocycles. The number of nitrogens with zero attached hydrogens (tertiary/aromatic N) is 1. The summed E-state index contributed by atoms with van der Waals surface area (Å²) in [5.41, 5.74) is -0.557. The minimum absolute atomic E-state index is 0.124. The first-order chi connectivity index (χ1) is 8.15. The second kappa shape index (κ2) is 5.47. The summed E-state index contributed by atoms with van der Waals surface area (Å²) in [6.07, 6.45) is 1.81. The van der Waals surface area contributed by atoms with Gasteiger partial charge in [0.05, 0.1) is 0 Å². The molecule has 1 fully saturated rings. The van der Waals surface area contributed by atoms with E-state index in [4.69, 9.17) is 9.47 Å². The number of carbonyl (C=O) groups excluding carboxylic acids is 1. The zero-order valence-corrected chi connectivity index (χ0v) is 12.6. The summed E-state index contributed by atoms with van der Waals surface area (Å²) in [7, 11) is 1.71. The topological polar surface area (TPSA) is 38.8 Å². The van der Waals surface area contributed by atoms with Crippen molar-refractivity contribution in [1.29, 1.82) is 0 Å². The van der Waals surface area contributed by atoms with Gasteiger partial charge in [0.15, 0.2) is 0 Å². The van der Waals surface area contributed by atoms with Gasteiger partial charge in [0, 0.05) is 25.8 Å². The lowest BCUT2D eigenvalue weighted by atomic mass is 9.95. The first-order valence-corrected chi connectivity index (χ1v) is 6.65. The van der Waals surface area contributed by atoms with E-state index in [1.54, 1.807) is 7.11 Å². The van der Waals surface area contributed by atoms with Gasteiger partial charge in [-0.3, -0.25) is 0 Å². The Morgan fingerprint density at radius 1 is 1.39 bits per heavy atom. The summed E-state index contributed by atoms with van der Waals surface area (Å²) in [6.45, 7) is 11.4. The van der Waals surface area contributed by atoms with Crippen LogP contribution >= 0.6 is 0 Å². The first-order valence-electron chi connectivity index (χ1n) is 6.65. The summed E-state index contributed by atoms with van der Waals surface area (Å²) in [4.78, 5) is 14.0. The van der Waals surface area contributed by atoms with Crippen molar-refractivity contribution in [2.75, 3.05) is 20.3 Å². The molecule has 0 aromatic carbocycles. The molecule has 0 aromatic heterocycles. The fourth-order valence-corrected chi connectivity index (χ4v) is 2.50. The standard InChI is InChI=1S/C14H27NO3/c1-13(2,3)18-12(16)15-10-11(7-8-17-6)9-14(15,4)5/h11H,7-10H2,1-6H3. The largest absolute Gasteiger partial charge is 0.444 e. The third kappa shape index (κ3) is 4.16. The van der Waals surface area contributed by atoms with Crippen LogP contribution in [0.4, 0.5) is 4.79 Å². The van der Waals surface area contributed by atoms with Crippen LogP contribution in [0.25, 0.3) is 0 Å². The number of amides is 1. The van der Waals surface area contributed by atoms with Crippen molar-refractivity contribution in [3.63, 3.8) is 0 Å². The van der Waals surface area contributed by atoms with Crippen LogP contribution in [0.1, 0.15) is 47.5 Å². The van der Waals surface area contributed by atoms with Crippen LogP contribution in [0.3, 0.4) is 0 Å². The lowest BCUT2D eigenvalue weighted by molar-refractivity contribution is 0.0130. The Morgan fingerprint density at radius 2 is 2.00 bits per heavy atom. The maximum absolute atomic E-state index is 12.2. The molecular weight excluding hydrogens is 230 g/mol. The van der Waals surface area contributed by atoms with Crippen molar-refractivity contribution in [3.05, 3.63) is 0 Å². The number of rotatable bonds is 3. The number of hydrogen-bond donors (Lipinski definition) is 0. The summed E-state index contributed by atoms with van der Waals surface area (Å²) in [5, 5.41) is 0. The molecule has 1 saturated heterocycles. The molecule has 1 aliphatic rings. The Balaban J connectivity index is 2.62. The monoisotopic (exact) mass is 257 g/mol. The highest BCUT2D eigenvalue weighted by Gasteiger charge is 2.42. The third-order valence-corrected chi connectivity index (χ3v) is 3.30. The molecule has 4 nitrogen and oxygen atoms in total. The molecule has 106 valence electrons. The highest BCUT2D eigenvalue weighted by molar-refractivity contribution is 5.69. The van der Waals surface area contributed by atoms with Gasteiger partial charge in [-0.25, -0.2) is 4.79 Å². The Hall–Kier alpha value is -0.770. The number of carbonyl (C=O) groups is 1. The second-order valence-corrected chi connectivity index (χ2v) is 6.76. The van der Waals surface area contributed by atoms with E-state index in [0.29, 0.717) is 5.92 Å². The molecular formula is C14H27NO3. The van der Waals surface area contributed by atoms with E-state index in [9.17, 15) is 4.79 Å². The van der Waals surface area contributed by atoms with Crippen molar-refractivity contribution < 1.29 is 14.3 Å². The average Bonchev–Trinajstić information content (AvgIpc) is 2.48. The van der Waals surface area contributed by atoms with Gasteiger partial charge in [-0.15, -0.1) is 0 Å². The first kappa shape index (κ1) is 15.3. The predicted molar refractivity (Wildman–Crippen MR) is 71.6 cm³/mol. The van der Waals surface area contributed by atoms with Gasteiger partial charge in [-0.2, -0.15) is 0 Å². The number of methoxy groups -OCH3 is 1. The van der Waals surface area contributed by atoms with Crippen molar-refractivity contribution in [1.82, 2.24) is 4.90 Å². The molecule has 0 radical (unpaired) electrons. The fraction of sp³-hybridized carbons (Fsp3) is 0.929. The Kier molecular flexibility index (Phi) is 4.65. The lowest BCUT2D eigenvalue weighted by Gasteiger charge is -2.33. The van der Waals surface area contributed by atoms with E-state index in [2.05, 4.69) is 13.8 Å². The minimum Gasteiger partial charge on any atom is -0.444 e. The second-order valence-electron chi connectivity index (χ2n) is 6.76. The van der Waals surface area contributed by atoms with E-state index in [1.165, 1.54) is 0 Å². The van der Waals surface area contributed by atoms with Gasteiger partial charge in [0.25, 0.3) is 0 Å². The Morgan fingerprint density at radius 3 is 2.50 bits per heavy atom. The highest BCUT2D eigenvalue weighted by Crippen LogP contribution is 2.35. The van der Waals surface area contributed by atoms with Crippen molar-refractivity contribution in [2.45, 2.75) is 58.6 Å². The molecule has 4 heteroatoms. The molecule has 1 atom stereocenters. The van der Waals surface area contributed by atoms with Crippen molar-refractivity contribution >= 4 is 6.09 Å². The zero-order valence-electron chi connectivity index (χ0n) is 12.6. The quantitative estimate of drug-likeness (QED) is 0.780. The van der Waals surface area contributed by atoms with E-state index in [1.807, 2.05) is 25.7 Å². The predicted octanol–water partition coefficient (Wildman–Crippen LogP) is 3.06. The van der Waals surface area contributed by atoms with E-state index < -0.39 is 5.60 Å². The van der Waals surface area contributed by atoms with Crippen LogP contribution < -0.4 is 0 Å². The molecule has 0 bridgehead atoms. The van der Waals surface area contributed by atoms with Gasteiger partial charge >= 0.3 is 6.09 Å². The molecule has 0 spiro atoms. The smallest absolute Gasteiger partial charge is 0.410 e. The maximum atomic E-state index is 12.2. The number of likely N-dealkylation sites (tertiary alicyclic amines) is 1. The van der Waals surface area contributed by atoms with Crippen molar-refractivity contribution in [3.8, 4) is 0 Å². The average molecular weight is 257 g/mol. The maximum Gasteiger partial charge on any atom is 0.410 e. The summed E-state index contributed by atoms with van der Waals surface area (Å²) in [5.74, 6) is 0.507. The molecule has 1 amide bonds. The van der Waals surface area contributed by atoms with Crippen LogP contribution in [0, 0.1) is 5.92 Å². The minimum atomic E-state index is -0.433. The van der Waals surface area contributed by atoms with Crippen LogP contribution in [0.15, 0.2) is 0 Å². The van der Waals surface area contributed by atoms with Gasteiger partial charge in [-0.05, 0) is 53.4 Å². The number of hydrogen-bond acceptors (Lipinski definition) is 3. The van der Waals surface area contributed by atoms with Crippen LogP contribution in [0.5, 0.6) is 0 Å². The molecule has 18 heavy (non-hydrogen) atoms. The molecule has 1 rings (SSSR count). The zero-order chi connectivity index (χ0) is 14.0. The highest BCUT2D eigenvalue weighted by atomic mass is 16.6. The van der Waals surface area contributed by atoms with E-state index in [-0.39, 0.29) is 11.6 Å². The van der Waals surface area contributed by atoms with Crippen molar-refractivity contribution in [2.24, 2.45) is 5.92 Å². The summed E-state index contributed by atoms with van der Waals surface area (Å²) < 4.78 is 10.6. The normalized spacial score (nSPS) is 23.2. The molecule has 0 N–H and O–H groups in total. The molecule has 1 heterocycles. The fourth-order valence-electron chi connectivity index (χ4n) is 2.50. The van der Waals surface area contributed by atoms with Gasteiger partial charge in [0.1, 0.15) is 5.60 Å². The van der Waals surface area contributed by atoms with Crippen LogP contribution in [-0.4, -0.2) is 42.4 Å². The molecule has 1 aliphatic heterocycles. The van der Waals surface area contributed by atoms with Gasteiger partial charge in [0.2, 0.25) is 0 Å². The SMILES string of the molecule is COCCC1CN(C(=O)OC(C)(C)C)C(C)(C)C1. The van der Waals surface area contributed by atoms with Crippen LogP contribution in [0.2, 0.25) is 0 Å².